The molecule has 2 aromatic carbocycles. The van der Waals surface area contributed by atoms with Crippen LogP contribution < -0.4 is 15.0 Å². The van der Waals surface area contributed by atoms with Gasteiger partial charge in [0.15, 0.2) is 11.5 Å². The minimum Gasteiger partial charge on any atom is -0.493 e. The lowest BCUT2D eigenvalue weighted by molar-refractivity contribution is 0.310. The molecule has 0 bridgehead atoms. The van der Waals surface area contributed by atoms with Crippen molar-refractivity contribution in [3.8, 4) is 11.5 Å². The van der Waals surface area contributed by atoms with E-state index in [0.717, 1.165) is 15.4 Å². The van der Waals surface area contributed by atoms with E-state index >= 15 is 0 Å². The summed E-state index contributed by atoms with van der Waals surface area (Å²) in [4.78, 5) is 18.0. The first kappa shape index (κ1) is 22.5. The summed E-state index contributed by atoms with van der Waals surface area (Å²) in [5, 5.41) is 5.03. The quantitative estimate of drug-likeness (QED) is 0.362. The van der Waals surface area contributed by atoms with E-state index in [0.29, 0.717) is 40.4 Å². The highest BCUT2D eigenvalue weighted by molar-refractivity contribution is 9.10. The first-order valence-corrected chi connectivity index (χ1v) is 11.2. The molecule has 0 aliphatic rings. The highest BCUT2D eigenvalue weighted by Gasteiger charge is 2.16. The molecule has 1 atom stereocenters. The Kier molecular flexibility index (Phi) is 7.31. The summed E-state index contributed by atoms with van der Waals surface area (Å²) >= 11 is 6.91. The molecule has 0 saturated heterocycles. The molecule has 3 aromatic rings. The van der Waals surface area contributed by atoms with Crippen molar-refractivity contribution >= 4 is 49.0 Å². The Bertz CT molecular complexity index is 1160. The minimum absolute atomic E-state index is 0.0614. The standard InChI is InChI=1S/C22H23Br2N3O3/c1-5-13(3)21-26-18-8-7-15(23)10-17(18)22(28)27(21)25-12-14-9-16(24)11-19(29-4)20(14)30-6-2/h7-13H,5-6H2,1-4H3/t13-/m1/s1. The molecule has 0 aliphatic heterocycles. The fourth-order valence-electron chi connectivity index (χ4n) is 3.03. The first-order valence-electron chi connectivity index (χ1n) is 9.66. The van der Waals surface area contributed by atoms with Crippen LogP contribution in [0.15, 0.2) is 49.2 Å². The Morgan fingerprint density at radius 2 is 1.97 bits per heavy atom. The van der Waals surface area contributed by atoms with Gasteiger partial charge in [-0.1, -0.05) is 45.7 Å². The summed E-state index contributed by atoms with van der Waals surface area (Å²) in [7, 11) is 1.59. The smallest absolute Gasteiger partial charge is 0.282 e. The Hall–Kier alpha value is -2.19. The van der Waals surface area contributed by atoms with Crippen LogP contribution in [0.1, 0.15) is 44.5 Å². The van der Waals surface area contributed by atoms with Crippen molar-refractivity contribution < 1.29 is 9.47 Å². The zero-order valence-corrected chi connectivity index (χ0v) is 20.4. The molecular weight excluding hydrogens is 514 g/mol. The van der Waals surface area contributed by atoms with E-state index in [4.69, 9.17) is 14.5 Å². The maximum Gasteiger partial charge on any atom is 0.282 e. The highest BCUT2D eigenvalue weighted by Crippen LogP contribution is 2.34. The van der Waals surface area contributed by atoms with Crippen molar-refractivity contribution in [1.29, 1.82) is 0 Å². The maximum atomic E-state index is 13.3. The zero-order chi connectivity index (χ0) is 21.8. The van der Waals surface area contributed by atoms with E-state index in [1.165, 1.54) is 4.68 Å². The summed E-state index contributed by atoms with van der Waals surface area (Å²) in [6, 6.07) is 9.19. The second kappa shape index (κ2) is 9.75. The van der Waals surface area contributed by atoms with Crippen LogP contribution in [0.4, 0.5) is 0 Å². The van der Waals surface area contributed by atoms with Gasteiger partial charge >= 0.3 is 0 Å². The molecule has 0 saturated carbocycles. The molecule has 0 fully saturated rings. The van der Waals surface area contributed by atoms with Gasteiger partial charge in [0.1, 0.15) is 5.82 Å². The van der Waals surface area contributed by atoms with Gasteiger partial charge in [0.05, 0.1) is 30.8 Å². The van der Waals surface area contributed by atoms with E-state index in [9.17, 15) is 4.79 Å². The van der Waals surface area contributed by atoms with Crippen LogP contribution in [-0.4, -0.2) is 29.6 Å². The highest BCUT2D eigenvalue weighted by atomic mass is 79.9. The van der Waals surface area contributed by atoms with Gasteiger partial charge in [-0.3, -0.25) is 4.79 Å². The number of rotatable bonds is 7. The molecule has 6 nitrogen and oxygen atoms in total. The van der Waals surface area contributed by atoms with Crippen molar-refractivity contribution in [2.24, 2.45) is 5.10 Å². The maximum absolute atomic E-state index is 13.3. The van der Waals surface area contributed by atoms with Crippen LogP contribution in [-0.2, 0) is 0 Å². The molecule has 158 valence electrons. The predicted octanol–water partition coefficient (Wildman–Crippen LogP) is 5.72. The van der Waals surface area contributed by atoms with Gasteiger partial charge in [-0.15, -0.1) is 0 Å². The van der Waals surface area contributed by atoms with Crippen molar-refractivity contribution in [3.05, 3.63) is 61.0 Å². The number of hydrogen-bond donors (Lipinski definition) is 0. The number of halogens is 2. The van der Waals surface area contributed by atoms with Crippen LogP contribution in [0.3, 0.4) is 0 Å². The predicted molar refractivity (Wildman–Crippen MR) is 127 cm³/mol. The van der Waals surface area contributed by atoms with Gasteiger partial charge in [0, 0.05) is 20.4 Å². The first-order chi connectivity index (χ1) is 14.4. The van der Waals surface area contributed by atoms with Crippen LogP contribution in [0.2, 0.25) is 0 Å². The Morgan fingerprint density at radius 3 is 2.63 bits per heavy atom. The summed E-state index contributed by atoms with van der Waals surface area (Å²) in [6.45, 7) is 6.47. The Morgan fingerprint density at radius 1 is 1.20 bits per heavy atom. The average molecular weight is 537 g/mol. The van der Waals surface area contributed by atoms with E-state index in [1.807, 2.05) is 38.1 Å². The van der Waals surface area contributed by atoms with Crippen LogP contribution in [0.5, 0.6) is 11.5 Å². The number of methoxy groups -OCH3 is 1. The van der Waals surface area contributed by atoms with Gasteiger partial charge in [-0.25, -0.2) is 4.98 Å². The number of aromatic nitrogens is 2. The number of nitrogens with zero attached hydrogens (tertiary/aromatic N) is 3. The molecule has 1 aromatic heterocycles. The van der Waals surface area contributed by atoms with Crippen molar-refractivity contribution in [2.75, 3.05) is 13.7 Å². The lowest BCUT2D eigenvalue weighted by Crippen LogP contribution is -2.23. The summed E-state index contributed by atoms with van der Waals surface area (Å²) in [6.07, 6.45) is 2.44. The molecular formula is C22H23Br2N3O3. The van der Waals surface area contributed by atoms with Gasteiger partial charge in [0.25, 0.3) is 5.56 Å². The topological polar surface area (TPSA) is 65.7 Å². The fraction of sp³-hybridized carbons (Fsp3) is 0.318. The molecule has 0 amide bonds. The molecule has 1 heterocycles. The lowest BCUT2D eigenvalue weighted by Gasteiger charge is -2.15. The van der Waals surface area contributed by atoms with Crippen molar-refractivity contribution in [3.63, 3.8) is 0 Å². The van der Waals surface area contributed by atoms with Crippen molar-refractivity contribution in [2.45, 2.75) is 33.1 Å². The zero-order valence-electron chi connectivity index (χ0n) is 17.3. The number of benzene rings is 2. The Balaban J connectivity index is 2.22. The largest absolute Gasteiger partial charge is 0.493 e. The van der Waals surface area contributed by atoms with E-state index < -0.39 is 0 Å². The molecule has 3 rings (SSSR count). The molecule has 0 unspecified atom stereocenters. The third kappa shape index (κ3) is 4.59. The SMILES string of the molecule is CCOc1c(C=Nn2c([C@H](C)CC)nc3ccc(Br)cc3c2=O)cc(Br)cc1OC. The number of ether oxygens (including phenoxy) is 2. The van der Waals surface area contributed by atoms with E-state index in [2.05, 4.69) is 43.9 Å². The third-order valence-electron chi connectivity index (χ3n) is 4.76. The second-order valence-electron chi connectivity index (χ2n) is 6.76. The van der Waals surface area contributed by atoms with Gasteiger partial charge in [-0.05, 0) is 43.7 Å². The second-order valence-corrected chi connectivity index (χ2v) is 8.59. The van der Waals surface area contributed by atoms with Crippen LogP contribution in [0.25, 0.3) is 10.9 Å². The normalized spacial score (nSPS) is 12.5. The van der Waals surface area contributed by atoms with Gasteiger partial charge in [-0.2, -0.15) is 9.78 Å². The summed E-state index contributed by atoms with van der Waals surface area (Å²) in [5.74, 6) is 1.84. The fourth-order valence-corrected chi connectivity index (χ4v) is 3.85. The van der Waals surface area contributed by atoms with E-state index in [1.54, 1.807) is 19.4 Å². The van der Waals surface area contributed by atoms with Gasteiger partial charge < -0.3 is 9.47 Å². The lowest BCUT2D eigenvalue weighted by atomic mass is 10.1. The molecule has 0 N–H and O–H groups in total. The minimum atomic E-state index is -0.215. The molecule has 0 aliphatic carbocycles. The Labute approximate surface area is 192 Å². The van der Waals surface area contributed by atoms with Crippen molar-refractivity contribution in [1.82, 2.24) is 9.66 Å². The summed E-state index contributed by atoms with van der Waals surface area (Å²) in [5.41, 5.74) is 1.14. The van der Waals surface area contributed by atoms with Crippen LogP contribution >= 0.6 is 31.9 Å². The molecule has 0 spiro atoms. The number of hydrogen-bond acceptors (Lipinski definition) is 5. The monoisotopic (exact) mass is 535 g/mol. The van der Waals surface area contributed by atoms with Crippen LogP contribution in [0, 0.1) is 0 Å². The third-order valence-corrected chi connectivity index (χ3v) is 5.71. The molecule has 0 radical (unpaired) electrons. The molecule has 30 heavy (non-hydrogen) atoms. The summed E-state index contributed by atoms with van der Waals surface area (Å²) < 4.78 is 14.2. The number of fused-ring (bicyclic) bond motifs is 1. The molecule has 8 heteroatoms. The average Bonchev–Trinajstić information content (AvgIpc) is 2.74. The van der Waals surface area contributed by atoms with Gasteiger partial charge in [0.2, 0.25) is 0 Å². The van der Waals surface area contributed by atoms with E-state index in [-0.39, 0.29) is 11.5 Å².